The molecule has 0 spiro atoms. The Kier molecular flexibility index (Phi) is 5.92. The van der Waals surface area contributed by atoms with Gasteiger partial charge in [0.2, 0.25) is 5.95 Å². The highest BCUT2D eigenvalue weighted by molar-refractivity contribution is 5.63. The molecule has 0 unspecified atom stereocenters. The van der Waals surface area contributed by atoms with Gasteiger partial charge in [0.25, 0.3) is 0 Å². The molecule has 7 nitrogen and oxygen atoms in total. The Morgan fingerprint density at radius 2 is 2.00 bits per heavy atom. The number of nitrogens with two attached hydrogens (primary N) is 1. The van der Waals surface area contributed by atoms with Crippen LogP contribution in [-0.4, -0.2) is 61.2 Å². The highest BCUT2D eigenvalue weighted by Gasteiger charge is 2.27. The molecule has 0 amide bonds. The van der Waals surface area contributed by atoms with E-state index >= 15 is 0 Å². The average molecular weight is 382 g/mol. The van der Waals surface area contributed by atoms with Crippen LogP contribution in [0.25, 0.3) is 0 Å². The van der Waals surface area contributed by atoms with Gasteiger partial charge in [-0.25, -0.2) is 4.98 Å². The summed E-state index contributed by atoms with van der Waals surface area (Å²) < 4.78 is 0. The summed E-state index contributed by atoms with van der Waals surface area (Å²) in [6.07, 6.45) is 5.37. The molecule has 2 aliphatic rings. The van der Waals surface area contributed by atoms with Gasteiger partial charge in [0.05, 0.1) is 0 Å². The lowest BCUT2D eigenvalue weighted by Gasteiger charge is -2.34. The number of hydrogen-bond acceptors (Lipinski definition) is 7. The normalized spacial score (nSPS) is 17.6. The van der Waals surface area contributed by atoms with Crippen LogP contribution in [0.5, 0.6) is 0 Å². The van der Waals surface area contributed by atoms with Crippen molar-refractivity contribution in [3.63, 3.8) is 0 Å². The molecule has 0 radical (unpaired) electrons. The molecule has 4 rings (SSSR count). The molecular weight excluding hydrogens is 350 g/mol. The molecule has 1 saturated heterocycles. The van der Waals surface area contributed by atoms with Crippen molar-refractivity contribution in [2.75, 3.05) is 61.8 Å². The van der Waals surface area contributed by atoms with Crippen molar-refractivity contribution in [1.82, 2.24) is 14.9 Å². The van der Waals surface area contributed by atoms with E-state index < -0.39 is 0 Å². The van der Waals surface area contributed by atoms with Crippen molar-refractivity contribution >= 4 is 23.1 Å². The molecule has 28 heavy (non-hydrogen) atoms. The summed E-state index contributed by atoms with van der Waals surface area (Å²) in [5, 5.41) is 6.83. The van der Waals surface area contributed by atoms with E-state index in [0.717, 1.165) is 50.6 Å². The maximum atomic E-state index is 5.63. The maximum absolute atomic E-state index is 5.63. The lowest BCUT2D eigenvalue weighted by Crippen LogP contribution is -2.44. The predicted octanol–water partition coefficient (Wildman–Crippen LogP) is 2.61. The van der Waals surface area contributed by atoms with Gasteiger partial charge in [-0.2, -0.15) is 4.98 Å². The maximum Gasteiger partial charge on any atom is 0.229 e. The number of anilines is 4. The van der Waals surface area contributed by atoms with E-state index in [2.05, 4.69) is 56.7 Å². The number of benzene rings is 1. The fourth-order valence-electron chi connectivity index (χ4n) is 3.57. The SMILES string of the molecule is CN1CCN(c2cccc(Nc3ncc(C4CC4)c(NCCCN)n3)c2)CC1. The van der Waals surface area contributed by atoms with Gasteiger partial charge >= 0.3 is 0 Å². The molecular formula is C21H31N7. The molecule has 2 fully saturated rings. The third-order valence-electron chi connectivity index (χ3n) is 5.48. The van der Waals surface area contributed by atoms with Crippen LogP contribution in [0.1, 0.15) is 30.7 Å². The van der Waals surface area contributed by atoms with E-state index in [9.17, 15) is 0 Å². The van der Waals surface area contributed by atoms with Crippen molar-refractivity contribution < 1.29 is 0 Å². The molecule has 1 aliphatic carbocycles. The number of likely N-dealkylation sites (N-methyl/N-ethyl adjacent to an activating group) is 1. The van der Waals surface area contributed by atoms with Crippen LogP contribution in [0.3, 0.4) is 0 Å². The Balaban J connectivity index is 1.47. The summed E-state index contributed by atoms with van der Waals surface area (Å²) in [6, 6.07) is 8.52. The Bertz CT molecular complexity index is 782. The fraction of sp³-hybridized carbons (Fsp3) is 0.524. The third kappa shape index (κ3) is 4.72. The number of aromatic nitrogens is 2. The zero-order valence-electron chi connectivity index (χ0n) is 16.7. The number of piperazine rings is 1. The summed E-state index contributed by atoms with van der Waals surface area (Å²) in [6.45, 7) is 5.83. The van der Waals surface area contributed by atoms with Crippen LogP contribution in [0, 0.1) is 0 Å². The quantitative estimate of drug-likeness (QED) is 0.606. The van der Waals surface area contributed by atoms with Crippen molar-refractivity contribution in [1.29, 1.82) is 0 Å². The van der Waals surface area contributed by atoms with E-state index in [1.807, 2.05) is 6.20 Å². The van der Waals surface area contributed by atoms with Gasteiger partial charge in [0, 0.05) is 55.9 Å². The van der Waals surface area contributed by atoms with Gasteiger partial charge in [-0.1, -0.05) is 6.07 Å². The molecule has 1 aliphatic heterocycles. The van der Waals surface area contributed by atoms with Crippen LogP contribution >= 0.6 is 0 Å². The summed E-state index contributed by atoms with van der Waals surface area (Å²) in [7, 11) is 2.18. The van der Waals surface area contributed by atoms with E-state index in [4.69, 9.17) is 10.7 Å². The lowest BCUT2D eigenvalue weighted by molar-refractivity contribution is 0.313. The zero-order chi connectivity index (χ0) is 19.3. The second kappa shape index (κ2) is 8.75. The summed E-state index contributed by atoms with van der Waals surface area (Å²) in [4.78, 5) is 14.1. The molecule has 1 aromatic carbocycles. The minimum atomic E-state index is 0.606. The second-order valence-corrected chi connectivity index (χ2v) is 7.81. The molecule has 1 saturated carbocycles. The number of hydrogen-bond donors (Lipinski definition) is 3. The second-order valence-electron chi connectivity index (χ2n) is 7.81. The monoisotopic (exact) mass is 381 g/mol. The number of nitrogens with one attached hydrogen (secondary N) is 2. The van der Waals surface area contributed by atoms with Gasteiger partial charge in [0.1, 0.15) is 5.82 Å². The van der Waals surface area contributed by atoms with E-state index in [1.54, 1.807) is 0 Å². The zero-order valence-corrected chi connectivity index (χ0v) is 16.7. The smallest absolute Gasteiger partial charge is 0.229 e. The van der Waals surface area contributed by atoms with Crippen molar-refractivity contribution in [2.45, 2.75) is 25.2 Å². The Hall–Kier alpha value is -2.38. The van der Waals surface area contributed by atoms with E-state index in [1.165, 1.54) is 24.1 Å². The van der Waals surface area contributed by atoms with E-state index in [0.29, 0.717) is 18.4 Å². The highest BCUT2D eigenvalue weighted by Crippen LogP contribution is 2.42. The lowest BCUT2D eigenvalue weighted by atomic mass is 10.2. The molecule has 2 aromatic rings. The molecule has 1 aromatic heterocycles. The molecule has 2 heterocycles. The first-order valence-corrected chi connectivity index (χ1v) is 10.3. The largest absolute Gasteiger partial charge is 0.370 e. The van der Waals surface area contributed by atoms with Gasteiger partial charge in [-0.05, 0) is 57.0 Å². The van der Waals surface area contributed by atoms with Gasteiger partial charge in [-0.3, -0.25) is 0 Å². The van der Waals surface area contributed by atoms with E-state index in [-0.39, 0.29) is 0 Å². The minimum absolute atomic E-state index is 0.606. The van der Waals surface area contributed by atoms with Crippen molar-refractivity contribution in [2.24, 2.45) is 5.73 Å². The first kappa shape index (κ1) is 19.0. The third-order valence-corrected chi connectivity index (χ3v) is 5.48. The van der Waals surface area contributed by atoms with Crippen molar-refractivity contribution in [3.8, 4) is 0 Å². The van der Waals surface area contributed by atoms with Crippen molar-refractivity contribution in [3.05, 3.63) is 36.0 Å². The number of rotatable bonds is 8. The molecule has 150 valence electrons. The summed E-state index contributed by atoms with van der Waals surface area (Å²) >= 11 is 0. The van der Waals surface area contributed by atoms with Crippen LogP contribution in [-0.2, 0) is 0 Å². The van der Waals surface area contributed by atoms with Crippen LogP contribution in [0.4, 0.5) is 23.1 Å². The Morgan fingerprint density at radius 1 is 1.18 bits per heavy atom. The molecule has 0 atom stereocenters. The van der Waals surface area contributed by atoms with Gasteiger partial charge in [-0.15, -0.1) is 0 Å². The van der Waals surface area contributed by atoms with Crippen LogP contribution in [0.15, 0.2) is 30.5 Å². The van der Waals surface area contributed by atoms with Gasteiger partial charge < -0.3 is 26.2 Å². The molecule has 4 N–H and O–H groups in total. The summed E-state index contributed by atoms with van der Waals surface area (Å²) in [5.41, 5.74) is 9.12. The molecule has 0 bridgehead atoms. The van der Waals surface area contributed by atoms with Crippen LogP contribution in [0.2, 0.25) is 0 Å². The first-order chi connectivity index (χ1) is 13.7. The topological polar surface area (TPSA) is 82.3 Å². The Morgan fingerprint density at radius 3 is 2.75 bits per heavy atom. The minimum Gasteiger partial charge on any atom is -0.370 e. The van der Waals surface area contributed by atoms with Gasteiger partial charge in [0.15, 0.2) is 0 Å². The fourth-order valence-corrected chi connectivity index (χ4v) is 3.57. The predicted molar refractivity (Wildman–Crippen MR) is 116 cm³/mol. The molecule has 7 heteroatoms. The average Bonchev–Trinajstić information content (AvgIpc) is 3.54. The van der Waals surface area contributed by atoms with Crippen LogP contribution < -0.4 is 21.3 Å². The number of nitrogens with zero attached hydrogens (tertiary/aromatic N) is 4. The first-order valence-electron chi connectivity index (χ1n) is 10.3. The summed E-state index contributed by atoms with van der Waals surface area (Å²) in [5.74, 6) is 2.19. The standard InChI is InChI=1S/C21H31N7/c1-27-10-12-28(13-11-27)18-5-2-4-17(14-18)25-21-24-15-19(16-6-7-16)20(26-21)23-9-3-8-22/h2,4-5,14-16H,3,6-13,22H2,1H3,(H2,23,24,25,26). The Labute approximate surface area is 167 Å². The highest BCUT2D eigenvalue weighted by atomic mass is 15.2.